The van der Waals surface area contributed by atoms with Gasteiger partial charge in [-0.2, -0.15) is 0 Å². The second-order valence-corrected chi connectivity index (χ2v) is 4.98. The number of aryl methyl sites for hydroxylation is 1. The van der Waals surface area contributed by atoms with E-state index in [2.05, 4.69) is 20.2 Å². The topological polar surface area (TPSA) is 61.3 Å². The standard InChI is InChI=1S/C13H22N4O/c1-11-8-15-13(16-9-11)14-4-7-17-5-2-12(10-18)3-6-17/h8-9,12,18H,2-7,10H2,1H3,(H,14,15,16). The maximum Gasteiger partial charge on any atom is 0.222 e. The van der Waals surface area contributed by atoms with Crippen LogP contribution in [0.15, 0.2) is 12.4 Å². The molecule has 1 aromatic heterocycles. The average molecular weight is 250 g/mol. The van der Waals surface area contributed by atoms with E-state index in [4.69, 9.17) is 5.11 Å². The zero-order valence-corrected chi connectivity index (χ0v) is 11.0. The van der Waals surface area contributed by atoms with Crippen molar-refractivity contribution in [1.82, 2.24) is 14.9 Å². The molecule has 0 unspecified atom stereocenters. The Balaban J connectivity index is 1.65. The molecule has 0 atom stereocenters. The number of likely N-dealkylation sites (tertiary alicyclic amines) is 1. The molecule has 2 heterocycles. The molecule has 0 bridgehead atoms. The minimum absolute atomic E-state index is 0.337. The number of rotatable bonds is 5. The fraction of sp³-hybridized carbons (Fsp3) is 0.692. The molecule has 1 aliphatic rings. The molecule has 5 heteroatoms. The van der Waals surface area contributed by atoms with Gasteiger partial charge >= 0.3 is 0 Å². The number of aliphatic hydroxyl groups excluding tert-OH is 1. The van der Waals surface area contributed by atoms with Gasteiger partial charge in [0.25, 0.3) is 0 Å². The molecule has 0 radical (unpaired) electrons. The summed E-state index contributed by atoms with van der Waals surface area (Å²) < 4.78 is 0. The van der Waals surface area contributed by atoms with Gasteiger partial charge in [0.05, 0.1) is 0 Å². The van der Waals surface area contributed by atoms with Crippen LogP contribution >= 0.6 is 0 Å². The highest BCUT2D eigenvalue weighted by atomic mass is 16.3. The Morgan fingerprint density at radius 3 is 2.61 bits per heavy atom. The number of hydrogen-bond donors (Lipinski definition) is 2. The van der Waals surface area contributed by atoms with E-state index in [1.54, 1.807) is 0 Å². The van der Waals surface area contributed by atoms with Crippen LogP contribution in [0.5, 0.6) is 0 Å². The molecule has 0 amide bonds. The first kappa shape index (κ1) is 13.2. The normalized spacial score (nSPS) is 17.9. The number of anilines is 1. The van der Waals surface area contributed by atoms with Crippen molar-refractivity contribution in [2.75, 3.05) is 38.1 Å². The Bertz CT molecular complexity index is 347. The number of aliphatic hydroxyl groups is 1. The van der Waals surface area contributed by atoms with E-state index in [-0.39, 0.29) is 0 Å². The second-order valence-electron chi connectivity index (χ2n) is 4.98. The minimum atomic E-state index is 0.337. The lowest BCUT2D eigenvalue weighted by Crippen LogP contribution is -2.37. The molecule has 0 saturated carbocycles. The predicted octanol–water partition coefficient (Wildman–Crippen LogP) is 0.901. The number of aromatic nitrogens is 2. The van der Waals surface area contributed by atoms with E-state index in [9.17, 15) is 0 Å². The summed E-state index contributed by atoms with van der Waals surface area (Å²) in [4.78, 5) is 10.8. The molecule has 1 aliphatic heterocycles. The largest absolute Gasteiger partial charge is 0.396 e. The molecule has 2 N–H and O–H groups in total. The maximum absolute atomic E-state index is 9.08. The molecular weight excluding hydrogens is 228 g/mol. The summed E-state index contributed by atoms with van der Waals surface area (Å²) in [6.07, 6.45) is 5.86. The Morgan fingerprint density at radius 2 is 2.00 bits per heavy atom. The zero-order chi connectivity index (χ0) is 12.8. The summed E-state index contributed by atoms with van der Waals surface area (Å²) in [6, 6.07) is 0. The van der Waals surface area contributed by atoms with E-state index in [0.717, 1.165) is 44.6 Å². The highest BCUT2D eigenvalue weighted by molar-refractivity contribution is 5.23. The quantitative estimate of drug-likeness (QED) is 0.813. The van der Waals surface area contributed by atoms with E-state index in [1.165, 1.54) is 0 Å². The summed E-state index contributed by atoms with van der Waals surface area (Å²) in [5, 5.41) is 12.3. The Labute approximate surface area is 108 Å². The van der Waals surface area contributed by atoms with Crippen LogP contribution in [-0.4, -0.2) is 52.8 Å². The van der Waals surface area contributed by atoms with Gasteiger partial charge in [-0.15, -0.1) is 0 Å². The van der Waals surface area contributed by atoms with Crippen molar-refractivity contribution < 1.29 is 5.11 Å². The van der Waals surface area contributed by atoms with Gasteiger partial charge in [0, 0.05) is 32.1 Å². The number of nitrogens with zero attached hydrogens (tertiary/aromatic N) is 3. The summed E-state index contributed by atoms with van der Waals surface area (Å²) >= 11 is 0. The van der Waals surface area contributed by atoms with E-state index in [1.807, 2.05) is 19.3 Å². The predicted molar refractivity (Wildman–Crippen MR) is 71.5 cm³/mol. The minimum Gasteiger partial charge on any atom is -0.396 e. The Hall–Kier alpha value is -1.20. The number of piperidine rings is 1. The van der Waals surface area contributed by atoms with Gasteiger partial charge in [0.15, 0.2) is 0 Å². The molecule has 100 valence electrons. The summed E-state index contributed by atoms with van der Waals surface area (Å²) in [7, 11) is 0. The Morgan fingerprint density at radius 1 is 1.33 bits per heavy atom. The van der Waals surface area contributed by atoms with Gasteiger partial charge in [-0.25, -0.2) is 9.97 Å². The third kappa shape index (κ3) is 3.92. The highest BCUT2D eigenvalue weighted by Gasteiger charge is 2.17. The molecule has 0 aliphatic carbocycles. The van der Waals surface area contributed by atoms with Crippen LogP contribution < -0.4 is 5.32 Å². The third-order valence-electron chi connectivity index (χ3n) is 3.46. The summed E-state index contributed by atoms with van der Waals surface area (Å²) in [5.41, 5.74) is 1.08. The van der Waals surface area contributed by atoms with Gasteiger partial charge < -0.3 is 15.3 Å². The van der Waals surface area contributed by atoms with Crippen LogP contribution in [0.4, 0.5) is 5.95 Å². The molecule has 1 saturated heterocycles. The fourth-order valence-electron chi connectivity index (χ4n) is 2.20. The number of hydrogen-bond acceptors (Lipinski definition) is 5. The van der Waals surface area contributed by atoms with Gasteiger partial charge in [0.2, 0.25) is 5.95 Å². The molecule has 1 fully saturated rings. The molecule has 0 aromatic carbocycles. The molecule has 1 aromatic rings. The van der Waals surface area contributed by atoms with Crippen LogP contribution in [0, 0.1) is 12.8 Å². The average Bonchev–Trinajstić information content (AvgIpc) is 2.42. The maximum atomic E-state index is 9.08. The zero-order valence-electron chi connectivity index (χ0n) is 11.0. The van der Waals surface area contributed by atoms with Crippen LogP contribution in [0.2, 0.25) is 0 Å². The van der Waals surface area contributed by atoms with Crippen molar-refractivity contribution in [3.05, 3.63) is 18.0 Å². The molecule has 2 rings (SSSR count). The van der Waals surface area contributed by atoms with Crippen molar-refractivity contribution in [3.8, 4) is 0 Å². The SMILES string of the molecule is Cc1cnc(NCCN2CCC(CO)CC2)nc1. The molecule has 0 spiro atoms. The smallest absolute Gasteiger partial charge is 0.222 e. The van der Waals surface area contributed by atoms with Gasteiger partial charge in [-0.05, 0) is 44.3 Å². The molecule has 5 nitrogen and oxygen atoms in total. The Kier molecular flexibility index (Phi) is 4.90. The van der Waals surface area contributed by atoms with Crippen molar-refractivity contribution in [2.24, 2.45) is 5.92 Å². The van der Waals surface area contributed by atoms with Crippen LogP contribution in [0.3, 0.4) is 0 Å². The van der Waals surface area contributed by atoms with Crippen molar-refractivity contribution in [2.45, 2.75) is 19.8 Å². The lowest BCUT2D eigenvalue weighted by Gasteiger charge is -2.30. The van der Waals surface area contributed by atoms with Crippen molar-refractivity contribution >= 4 is 5.95 Å². The lowest BCUT2D eigenvalue weighted by molar-refractivity contribution is 0.134. The second kappa shape index (κ2) is 6.66. The third-order valence-corrected chi connectivity index (χ3v) is 3.46. The van der Waals surface area contributed by atoms with Crippen molar-refractivity contribution in [1.29, 1.82) is 0 Å². The first-order chi connectivity index (χ1) is 8.78. The van der Waals surface area contributed by atoms with Crippen molar-refractivity contribution in [3.63, 3.8) is 0 Å². The first-order valence-corrected chi connectivity index (χ1v) is 6.63. The molecular formula is C13H22N4O. The first-order valence-electron chi connectivity index (χ1n) is 6.63. The van der Waals surface area contributed by atoms with Gasteiger partial charge in [-0.3, -0.25) is 0 Å². The van der Waals surface area contributed by atoms with E-state index >= 15 is 0 Å². The lowest BCUT2D eigenvalue weighted by atomic mass is 9.98. The van der Waals surface area contributed by atoms with Gasteiger partial charge in [-0.1, -0.05) is 0 Å². The fourth-order valence-corrected chi connectivity index (χ4v) is 2.20. The van der Waals surface area contributed by atoms with Gasteiger partial charge in [0.1, 0.15) is 0 Å². The number of nitrogens with one attached hydrogen (secondary N) is 1. The highest BCUT2D eigenvalue weighted by Crippen LogP contribution is 2.15. The van der Waals surface area contributed by atoms with Crippen LogP contribution in [0.25, 0.3) is 0 Å². The summed E-state index contributed by atoms with van der Waals surface area (Å²) in [5.74, 6) is 1.21. The van der Waals surface area contributed by atoms with E-state index < -0.39 is 0 Å². The van der Waals surface area contributed by atoms with E-state index in [0.29, 0.717) is 18.5 Å². The summed E-state index contributed by atoms with van der Waals surface area (Å²) in [6.45, 7) is 6.37. The van der Waals surface area contributed by atoms with Crippen LogP contribution in [-0.2, 0) is 0 Å². The van der Waals surface area contributed by atoms with Crippen LogP contribution in [0.1, 0.15) is 18.4 Å². The monoisotopic (exact) mass is 250 g/mol. The molecule has 18 heavy (non-hydrogen) atoms.